The van der Waals surface area contributed by atoms with Gasteiger partial charge in [-0.1, -0.05) is 44.2 Å². The van der Waals surface area contributed by atoms with E-state index in [1.54, 1.807) is 15.5 Å². The van der Waals surface area contributed by atoms with Crippen LogP contribution in [0.1, 0.15) is 48.5 Å². The molecule has 0 bridgehead atoms. The highest BCUT2D eigenvalue weighted by atomic mass is 16.5. The van der Waals surface area contributed by atoms with E-state index in [1.807, 2.05) is 50.2 Å². The van der Waals surface area contributed by atoms with E-state index in [1.165, 1.54) is 0 Å². The first-order chi connectivity index (χ1) is 12.9. The van der Waals surface area contributed by atoms with Crippen LogP contribution >= 0.6 is 0 Å². The van der Waals surface area contributed by atoms with Crippen molar-refractivity contribution in [2.75, 3.05) is 13.1 Å². The molecule has 1 amide bonds. The molecule has 27 heavy (non-hydrogen) atoms. The number of pyridine rings is 1. The molecule has 0 radical (unpaired) electrons. The summed E-state index contributed by atoms with van der Waals surface area (Å²) in [5.41, 5.74) is 1.93. The van der Waals surface area contributed by atoms with Crippen molar-refractivity contribution in [1.82, 2.24) is 9.47 Å². The Kier molecular flexibility index (Phi) is 5.80. The molecule has 0 aliphatic carbocycles. The second-order valence-electron chi connectivity index (χ2n) is 7.47. The maximum absolute atomic E-state index is 13.2. The Hall–Kier alpha value is -2.40. The quantitative estimate of drug-likeness (QED) is 0.831. The lowest BCUT2D eigenvalue weighted by molar-refractivity contribution is -0.0955. The van der Waals surface area contributed by atoms with Crippen LogP contribution in [-0.2, 0) is 11.3 Å². The molecule has 2 heterocycles. The zero-order valence-corrected chi connectivity index (χ0v) is 16.5. The fraction of sp³-hybridized carbons (Fsp3) is 0.455. The molecule has 0 unspecified atom stereocenters. The average molecular weight is 368 g/mol. The van der Waals surface area contributed by atoms with Crippen LogP contribution in [0, 0.1) is 12.8 Å². The molecule has 2 atom stereocenters. The first-order valence-corrected chi connectivity index (χ1v) is 9.62. The summed E-state index contributed by atoms with van der Waals surface area (Å²) in [5.74, 6) is 0.0641. The molecular weight excluding hydrogens is 340 g/mol. The average Bonchev–Trinajstić information content (AvgIpc) is 2.68. The Morgan fingerprint density at radius 2 is 1.85 bits per heavy atom. The van der Waals surface area contributed by atoms with Gasteiger partial charge in [0.1, 0.15) is 11.7 Å². The fourth-order valence-electron chi connectivity index (χ4n) is 3.57. The van der Waals surface area contributed by atoms with E-state index < -0.39 is 0 Å². The number of nitrogens with zero attached hydrogens (tertiary/aromatic N) is 2. The van der Waals surface area contributed by atoms with Gasteiger partial charge in [0.05, 0.1) is 12.6 Å². The van der Waals surface area contributed by atoms with Crippen molar-refractivity contribution in [2.24, 2.45) is 5.92 Å². The third kappa shape index (κ3) is 3.98. The van der Waals surface area contributed by atoms with Gasteiger partial charge in [0.15, 0.2) is 0 Å². The molecule has 0 saturated carbocycles. The molecule has 0 spiro atoms. The Balaban J connectivity index is 1.92. The number of aryl methyl sites for hydroxylation is 1. The largest absolute Gasteiger partial charge is 0.366 e. The van der Waals surface area contributed by atoms with Crippen LogP contribution in [0.3, 0.4) is 0 Å². The van der Waals surface area contributed by atoms with Crippen LogP contribution in [0.4, 0.5) is 0 Å². The van der Waals surface area contributed by atoms with E-state index in [9.17, 15) is 9.59 Å². The topological polar surface area (TPSA) is 51.5 Å². The molecular formula is C22H28N2O3. The summed E-state index contributed by atoms with van der Waals surface area (Å²) in [6, 6.07) is 13.5. The Morgan fingerprint density at radius 1 is 1.15 bits per heavy atom. The van der Waals surface area contributed by atoms with Gasteiger partial charge in [-0.15, -0.1) is 0 Å². The normalized spacial score (nSPS) is 20.1. The van der Waals surface area contributed by atoms with Crippen molar-refractivity contribution in [3.05, 3.63) is 69.6 Å². The predicted molar refractivity (Wildman–Crippen MR) is 106 cm³/mol. The number of carbonyl (C=O) groups is 1. The van der Waals surface area contributed by atoms with Crippen molar-refractivity contribution < 1.29 is 9.53 Å². The van der Waals surface area contributed by atoms with E-state index in [0.717, 1.165) is 11.3 Å². The van der Waals surface area contributed by atoms with Crippen molar-refractivity contribution in [3.63, 3.8) is 0 Å². The summed E-state index contributed by atoms with van der Waals surface area (Å²) < 4.78 is 7.91. The second kappa shape index (κ2) is 8.09. The number of benzene rings is 1. The highest BCUT2D eigenvalue weighted by Crippen LogP contribution is 2.28. The molecule has 2 aromatic rings. The Morgan fingerprint density at radius 3 is 2.48 bits per heavy atom. The van der Waals surface area contributed by atoms with Crippen molar-refractivity contribution in [3.8, 4) is 0 Å². The minimum absolute atomic E-state index is 0.0632. The fourth-order valence-corrected chi connectivity index (χ4v) is 3.57. The van der Waals surface area contributed by atoms with E-state index >= 15 is 0 Å². The maximum atomic E-state index is 13.2. The summed E-state index contributed by atoms with van der Waals surface area (Å²) in [6.07, 6.45) is -0.248. The van der Waals surface area contributed by atoms with Crippen molar-refractivity contribution in [1.29, 1.82) is 0 Å². The van der Waals surface area contributed by atoms with Gasteiger partial charge >= 0.3 is 0 Å². The molecule has 1 fully saturated rings. The van der Waals surface area contributed by atoms with Gasteiger partial charge in [0.2, 0.25) is 0 Å². The highest BCUT2D eigenvalue weighted by Gasteiger charge is 2.34. The molecule has 3 rings (SSSR count). The first kappa shape index (κ1) is 19.4. The lowest BCUT2D eigenvalue weighted by atomic mass is 10.0. The molecule has 1 aliphatic rings. The minimum atomic E-state index is -0.216. The molecule has 144 valence electrons. The van der Waals surface area contributed by atoms with E-state index in [2.05, 4.69) is 13.8 Å². The van der Waals surface area contributed by atoms with Crippen LogP contribution in [0.15, 0.2) is 47.3 Å². The molecule has 0 N–H and O–H groups in total. The lowest BCUT2D eigenvalue weighted by Crippen LogP contribution is -2.49. The van der Waals surface area contributed by atoms with E-state index in [4.69, 9.17) is 4.74 Å². The SMILES string of the molecule is CCn1c(C)ccc(C(=O)N2C[C@@H](c3ccccc3)O[C@@H](C(C)C)C2)c1=O. The molecule has 1 aromatic heterocycles. The highest BCUT2D eigenvalue weighted by molar-refractivity contribution is 5.94. The first-order valence-electron chi connectivity index (χ1n) is 9.62. The zero-order valence-electron chi connectivity index (χ0n) is 16.5. The Bertz CT molecular complexity index is 858. The van der Waals surface area contributed by atoms with Gasteiger partial charge in [0.25, 0.3) is 11.5 Å². The summed E-state index contributed by atoms with van der Waals surface area (Å²) in [7, 11) is 0. The summed E-state index contributed by atoms with van der Waals surface area (Å²) in [6.45, 7) is 9.49. The summed E-state index contributed by atoms with van der Waals surface area (Å²) >= 11 is 0. The van der Waals surface area contributed by atoms with Crippen LogP contribution < -0.4 is 5.56 Å². The van der Waals surface area contributed by atoms with Crippen molar-refractivity contribution in [2.45, 2.75) is 46.4 Å². The van der Waals surface area contributed by atoms with Gasteiger partial charge in [-0.05, 0) is 37.5 Å². The molecule has 5 heteroatoms. The smallest absolute Gasteiger partial charge is 0.263 e. The second-order valence-corrected chi connectivity index (χ2v) is 7.47. The maximum Gasteiger partial charge on any atom is 0.263 e. The van der Waals surface area contributed by atoms with E-state index in [-0.39, 0.29) is 35.2 Å². The number of carbonyl (C=O) groups excluding carboxylic acids is 1. The van der Waals surface area contributed by atoms with Crippen LogP contribution in [0.2, 0.25) is 0 Å². The number of rotatable bonds is 4. The summed E-state index contributed by atoms with van der Waals surface area (Å²) in [4.78, 5) is 27.7. The zero-order chi connectivity index (χ0) is 19.6. The van der Waals surface area contributed by atoms with Gasteiger partial charge in [-0.3, -0.25) is 9.59 Å². The lowest BCUT2D eigenvalue weighted by Gasteiger charge is -2.40. The van der Waals surface area contributed by atoms with Gasteiger partial charge in [-0.2, -0.15) is 0 Å². The Labute approximate surface area is 160 Å². The van der Waals surface area contributed by atoms with Crippen LogP contribution in [-0.4, -0.2) is 34.6 Å². The molecule has 5 nitrogen and oxygen atoms in total. The number of hydrogen-bond donors (Lipinski definition) is 0. The van der Waals surface area contributed by atoms with Gasteiger partial charge in [0, 0.05) is 18.8 Å². The third-order valence-electron chi connectivity index (χ3n) is 5.27. The minimum Gasteiger partial charge on any atom is -0.366 e. The number of ether oxygens (including phenoxy) is 1. The number of hydrogen-bond acceptors (Lipinski definition) is 3. The molecule has 1 aromatic carbocycles. The van der Waals surface area contributed by atoms with E-state index in [0.29, 0.717) is 19.6 Å². The van der Waals surface area contributed by atoms with Crippen molar-refractivity contribution >= 4 is 5.91 Å². The summed E-state index contributed by atoms with van der Waals surface area (Å²) in [5, 5.41) is 0. The number of amides is 1. The van der Waals surface area contributed by atoms with Gasteiger partial charge in [-0.25, -0.2) is 0 Å². The monoisotopic (exact) mass is 368 g/mol. The molecule has 1 saturated heterocycles. The predicted octanol–water partition coefficient (Wildman–Crippen LogP) is 3.41. The van der Waals surface area contributed by atoms with Gasteiger partial charge < -0.3 is 14.2 Å². The number of aromatic nitrogens is 1. The standard InChI is InChI=1S/C22H28N2O3/c1-5-24-16(4)11-12-18(22(24)26)21(25)23-13-19(15(2)3)27-20(14-23)17-9-7-6-8-10-17/h6-12,15,19-20H,5,13-14H2,1-4H3/t19-,20+/m1/s1. The molecule has 1 aliphatic heterocycles. The van der Waals surface area contributed by atoms with Crippen LogP contribution in [0.25, 0.3) is 0 Å². The number of morpholine rings is 1. The van der Waals surface area contributed by atoms with Crippen LogP contribution in [0.5, 0.6) is 0 Å². The third-order valence-corrected chi connectivity index (χ3v) is 5.27.